The van der Waals surface area contributed by atoms with Crippen LogP contribution in [0.2, 0.25) is 0 Å². The molecular weight excluding hydrogens is 286 g/mol. The number of morpholine rings is 1. The highest BCUT2D eigenvalue weighted by atomic mass is 32.1. The Bertz CT molecular complexity index is 534. The number of hydrogen-bond donors (Lipinski definition) is 2. The molecule has 112 valence electrons. The summed E-state index contributed by atoms with van der Waals surface area (Å²) in [5.41, 5.74) is 7.11. The highest BCUT2D eigenvalue weighted by molar-refractivity contribution is 7.80. The Balaban J connectivity index is 1.53. The van der Waals surface area contributed by atoms with Crippen LogP contribution in [-0.4, -0.2) is 47.6 Å². The van der Waals surface area contributed by atoms with Gasteiger partial charge in [-0.3, -0.25) is 9.69 Å². The molecule has 2 aliphatic rings. The van der Waals surface area contributed by atoms with Crippen molar-refractivity contribution in [3.05, 3.63) is 29.8 Å². The van der Waals surface area contributed by atoms with Crippen molar-refractivity contribution in [1.29, 1.82) is 0 Å². The molecule has 0 radical (unpaired) electrons. The Hall–Kier alpha value is -1.50. The number of anilines is 1. The second-order valence-corrected chi connectivity index (χ2v) is 6.08. The van der Waals surface area contributed by atoms with E-state index in [1.165, 1.54) is 0 Å². The van der Waals surface area contributed by atoms with E-state index in [1.807, 2.05) is 24.3 Å². The van der Waals surface area contributed by atoms with Gasteiger partial charge in [-0.05, 0) is 37.1 Å². The number of ether oxygens (including phenoxy) is 1. The Morgan fingerprint density at radius 3 is 2.48 bits per heavy atom. The summed E-state index contributed by atoms with van der Waals surface area (Å²) < 4.78 is 5.77. The molecule has 21 heavy (non-hydrogen) atoms. The number of nitrogens with zero attached hydrogens (tertiary/aromatic N) is 1. The zero-order chi connectivity index (χ0) is 14.8. The first-order valence-corrected chi connectivity index (χ1v) is 7.58. The van der Waals surface area contributed by atoms with E-state index in [1.54, 1.807) is 0 Å². The highest BCUT2D eigenvalue weighted by Gasteiger charge is 2.34. The van der Waals surface area contributed by atoms with Crippen molar-refractivity contribution < 1.29 is 9.53 Å². The van der Waals surface area contributed by atoms with Gasteiger partial charge in [0.2, 0.25) is 5.91 Å². The number of fused-ring (bicyclic) bond motifs is 2. The predicted molar refractivity (Wildman–Crippen MR) is 85.3 cm³/mol. The van der Waals surface area contributed by atoms with Gasteiger partial charge in [-0.1, -0.05) is 12.2 Å². The van der Waals surface area contributed by atoms with Crippen LogP contribution >= 0.6 is 12.2 Å². The third kappa shape index (κ3) is 3.58. The van der Waals surface area contributed by atoms with Gasteiger partial charge in [0.15, 0.2) is 0 Å². The van der Waals surface area contributed by atoms with Crippen LogP contribution < -0.4 is 11.1 Å². The molecule has 0 aromatic heterocycles. The molecule has 1 amide bonds. The summed E-state index contributed by atoms with van der Waals surface area (Å²) in [5, 5.41) is 2.90. The second-order valence-electron chi connectivity index (χ2n) is 5.64. The van der Waals surface area contributed by atoms with Crippen molar-refractivity contribution >= 4 is 28.8 Å². The molecule has 2 heterocycles. The van der Waals surface area contributed by atoms with Gasteiger partial charge in [0.1, 0.15) is 4.99 Å². The maximum absolute atomic E-state index is 12.1. The van der Waals surface area contributed by atoms with E-state index in [0.717, 1.165) is 37.2 Å². The minimum atomic E-state index is -0.000579. The summed E-state index contributed by atoms with van der Waals surface area (Å²) in [5.74, 6) is -0.000579. The van der Waals surface area contributed by atoms with E-state index in [0.29, 0.717) is 23.7 Å². The van der Waals surface area contributed by atoms with Crippen LogP contribution in [0.1, 0.15) is 18.4 Å². The smallest absolute Gasteiger partial charge is 0.238 e. The van der Waals surface area contributed by atoms with E-state index in [2.05, 4.69) is 10.2 Å². The van der Waals surface area contributed by atoms with E-state index >= 15 is 0 Å². The van der Waals surface area contributed by atoms with Gasteiger partial charge in [0, 0.05) is 24.3 Å². The van der Waals surface area contributed by atoms with Crippen LogP contribution in [0.4, 0.5) is 5.69 Å². The van der Waals surface area contributed by atoms with E-state index < -0.39 is 0 Å². The van der Waals surface area contributed by atoms with Crippen LogP contribution in [0.5, 0.6) is 0 Å². The minimum Gasteiger partial charge on any atom is -0.389 e. The molecule has 2 atom stereocenters. The molecule has 0 aliphatic carbocycles. The van der Waals surface area contributed by atoms with Gasteiger partial charge in [-0.2, -0.15) is 0 Å². The van der Waals surface area contributed by atoms with Crippen molar-refractivity contribution in [1.82, 2.24) is 4.90 Å². The molecular formula is C15H19N3O2S. The van der Waals surface area contributed by atoms with Crippen molar-refractivity contribution in [2.24, 2.45) is 5.73 Å². The van der Waals surface area contributed by atoms with Gasteiger partial charge in [0.25, 0.3) is 0 Å². The first-order valence-electron chi connectivity index (χ1n) is 7.17. The highest BCUT2D eigenvalue weighted by Crippen LogP contribution is 2.25. The molecule has 2 bridgehead atoms. The van der Waals surface area contributed by atoms with Gasteiger partial charge in [-0.15, -0.1) is 0 Å². The average molecular weight is 305 g/mol. The van der Waals surface area contributed by atoms with Crippen molar-refractivity contribution in [3.63, 3.8) is 0 Å². The molecule has 2 fully saturated rings. The number of carbonyl (C=O) groups is 1. The number of thiocarbonyl (C=S) groups is 1. The lowest BCUT2D eigenvalue weighted by molar-refractivity contribution is -0.119. The molecule has 0 spiro atoms. The average Bonchev–Trinajstić information content (AvgIpc) is 2.78. The van der Waals surface area contributed by atoms with E-state index in [9.17, 15) is 4.79 Å². The van der Waals surface area contributed by atoms with E-state index in [-0.39, 0.29) is 5.91 Å². The molecule has 3 N–H and O–H groups in total. The quantitative estimate of drug-likeness (QED) is 0.816. The van der Waals surface area contributed by atoms with E-state index in [4.69, 9.17) is 22.7 Å². The normalized spacial score (nSPS) is 24.8. The lowest BCUT2D eigenvalue weighted by atomic mass is 10.2. The molecule has 3 rings (SSSR count). The number of rotatable bonds is 4. The lowest BCUT2D eigenvalue weighted by Crippen LogP contribution is -2.45. The first-order chi connectivity index (χ1) is 10.1. The van der Waals surface area contributed by atoms with Crippen molar-refractivity contribution in [2.75, 3.05) is 25.0 Å². The lowest BCUT2D eigenvalue weighted by Gasteiger charge is -2.31. The molecule has 6 heteroatoms. The van der Waals surface area contributed by atoms with Crippen molar-refractivity contribution in [2.45, 2.75) is 25.0 Å². The third-order valence-electron chi connectivity index (χ3n) is 3.94. The van der Waals surface area contributed by atoms with Crippen LogP contribution in [0, 0.1) is 0 Å². The molecule has 1 aromatic rings. The fraction of sp³-hybridized carbons (Fsp3) is 0.467. The number of benzene rings is 1. The minimum absolute atomic E-state index is 0.000579. The summed E-state index contributed by atoms with van der Waals surface area (Å²) >= 11 is 4.90. The summed E-state index contributed by atoms with van der Waals surface area (Å²) in [6.07, 6.45) is 2.84. The Kier molecular flexibility index (Phi) is 4.19. The van der Waals surface area contributed by atoms with Gasteiger partial charge in [0.05, 0.1) is 18.8 Å². The Morgan fingerprint density at radius 2 is 1.90 bits per heavy atom. The summed E-state index contributed by atoms with van der Waals surface area (Å²) in [7, 11) is 0. The van der Waals surface area contributed by atoms with Gasteiger partial charge >= 0.3 is 0 Å². The third-order valence-corrected chi connectivity index (χ3v) is 4.18. The topological polar surface area (TPSA) is 67.6 Å². The summed E-state index contributed by atoms with van der Waals surface area (Å²) in [6, 6.07) is 7.25. The SMILES string of the molecule is NC(=S)c1ccc(NC(=O)CN2CC3CCC(C2)O3)cc1. The number of nitrogens with two attached hydrogens (primary N) is 1. The van der Waals surface area contributed by atoms with Gasteiger partial charge in [-0.25, -0.2) is 0 Å². The fourth-order valence-corrected chi connectivity index (χ4v) is 3.09. The van der Waals surface area contributed by atoms with Crippen LogP contribution in [-0.2, 0) is 9.53 Å². The van der Waals surface area contributed by atoms with Crippen LogP contribution in [0.15, 0.2) is 24.3 Å². The zero-order valence-electron chi connectivity index (χ0n) is 11.7. The number of carbonyl (C=O) groups excluding carboxylic acids is 1. The summed E-state index contributed by atoms with van der Waals surface area (Å²) in [4.78, 5) is 14.6. The molecule has 2 saturated heterocycles. The number of amides is 1. The van der Waals surface area contributed by atoms with Crippen LogP contribution in [0.3, 0.4) is 0 Å². The Labute approximate surface area is 129 Å². The largest absolute Gasteiger partial charge is 0.389 e. The maximum Gasteiger partial charge on any atom is 0.238 e. The maximum atomic E-state index is 12.1. The number of hydrogen-bond acceptors (Lipinski definition) is 4. The van der Waals surface area contributed by atoms with Crippen LogP contribution in [0.25, 0.3) is 0 Å². The molecule has 2 unspecified atom stereocenters. The molecule has 5 nitrogen and oxygen atoms in total. The molecule has 1 aromatic carbocycles. The monoisotopic (exact) mass is 305 g/mol. The predicted octanol–water partition coefficient (Wildman–Crippen LogP) is 1.12. The Morgan fingerprint density at radius 1 is 1.29 bits per heavy atom. The number of likely N-dealkylation sites (tertiary alicyclic amines) is 1. The fourth-order valence-electron chi connectivity index (χ4n) is 2.95. The van der Waals surface area contributed by atoms with Gasteiger partial charge < -0.3 is 15.8 Å². The first kappa shape index (κ1) is 14.4. The zero-order valence-corrected chi connectivity index (χ0v) is 12.6. The standard InChI is InChI=1S/C15H19N3O2S/c16-15(21)10-1-3-11(4-2-10)17-14(19)9-18-7-12-5-6-13(8-18)20-12/h1-4,12-13H,5-9H2,(H2,16,21)(H,17,19). The van der Waals surface area contributed by atoms with Crippen molar-refractivity contribution in [3.8, 4) is 0 Å². The number of nitrogens with one attached hydrogen (secondary N) is 1. The molecule has 2 aliphatic heterocycles. The summed E-state index contributed by atoms with van der Waals surface area (Å²) in [6.45, 7) is 2.11. The second kappa shape index (κ2) is 6.09. The molecule has 0 saturated carbocycles.